The molecule has 0 bridgehead atoms. The summed E-state index contributed by atoms with van der Waals surface area (Å²) in [6, 6.07) is 5.44. The summed E-state index contributed by atoms with van der Waals surface area (Å²) in [5.74, 6) is -0.285. The molecule has 0 aliphatic heterocycles. The molecule has 1 aromatic carbocycles. The summed E-state index contributed by atoms with van der Waals surface area (Å²) >= 11 is 0. The standard InChI is InChI=1S/C16H15N5O3/c1-9-17-6-12(7-18-9)11-3-4-14-13(5-11)16(19-10(2)22)20-21(14)8-15(23)24/h3-7H,8H2,1-2H3,(H,23,24)(H,19,20,22). The van der Waals surface area contributed by atoms with E-state index in [2.05, 4.69) is 20.4 Å². The first-order valence-corrected chi connectivity index (χ1v) is 7.23. The van der Waals surface area contributed by atoms with Crippen LogP contribution < -0.4 is 5.32 Å². The molecule has 3 aromatic rings. The van der Waals surface area contributed by atoms with Gasteiger partial charge in [-0.05, 0) is 24.6 Å². The van der Waals surface area contributed by atoms with Crippen molar-refractivity contribution in [3.63, 3.8) is 0 Å². The summed E-state index contributed by atoms with van der Waals surface area (Å²) in [4.78, 5) is 30.7. The Kier molecular flexibility index (Phi) is 3.95. The van der Waals surface area contributed by atoms with E-state index in [9.17, 15) is 9.59 Å². The topological polar surface area (TPSA) is 110 Å². The Morgan fingerprint density at radius 3 is 2.54 bits per heavy atom. The van der Waals surface area contributed by atoms with Crippen LogP contribution in [0.3, 0.4) is 0 Å². The molecule has 122 valence electrons. The largest absolute Gasteiger partial charge is 0.480 e. The minimum Gasteiger partial charge on any atom is -0.480 e. The van der Waals surface area contributed by atoms with Crippen molar-refractivity contribution < 1.29 is 14.7 Å². The second-order valence-corrected chi connectivity index (χ2v) is 5.33. The lowest BCUT2D eigenvalue weighted by molar-refractivity contribution is -0.137. The number of aliphatic carboxylic acids is 1. The zero-order valence-corrected chi connectivity index (χ0v) is 13.1. The second-order valence-electron chi connectivity index (χ2n) is 5.33. The van der Waals surface area contributed by atoms with E-state index < -0.39 is 5.97 Å². The third kappa shape index (κ3) is 3.07. The molecule has 8 nitrogen and oxygen atoms in total. The lowest BCUT2D eigenvalue weighted by Gasteiger charge is -2.03. The van der Waals surface area contributed by atoms with Crippen LogP contribution in [0.2, 0.25) is 0 Å². The van der Waals surface area contributed by atoms with Gasteiger partial charge >= 0.3 is 5.97 Å². The highest BCUT2D eigenvalue weighted by atomic mass is 16.4. The maximum absolute atomic E-state index is 11.4. The fourth-order valence-electron chi connectivity index (χ4n) is 2.41. The molecule has 24 heavy (non-hydrogen) atoms. The summed E-state index contributed by atoms with van der Waals surface area (Å²) in [6.45, 7) is 2.89. The average Bonchev–Trinajstić information content (AvgIpc) is 2.84. The fraction of sp³-hybridized carbons (Fsp3) is 0.188. The number of rotatable bonds is 4. The number of aromatic nitrogens is 4. The highest BCUT2D eigenvalue weighted by Gasteiger charge is 2.14. The number of carbonyl (C=O) groups excluding carboxylic acids is 1. The minimum absolute atomic E-state index is 0.277. The number of amides is 1. The van der Waals surface area contributed by atoms with Crippen molar-refractivity contribution >= 4 is 28.6 Å². The van der Waals surface area contributed by atoms with Crippen LogP contribution in [0.15, 0.2) is 30.6 Å². The van der Waals surface area contributed by atoms with Gasteiger partial charge in [0.15, 0.2) is 5.82 Å². The predicted molar refractivity (Wildman–Crippen MR) is 87.4 cm³/mol. The first-order valence-electron chi connectivity index (χ1n) is 7.23. The molecular weight excluding hydrogens is 310 g/mol. The highest BCUT2D eigenvalue weighted by molar-refractivity contribution is 6.00. The molecule has 0 radical (unpaired) electrons. The van der Waals surface area contributed by atoms with Gasteiger partial charge in [0.05, 0.1) is 5.52 Å². The van der Waals surface area contributed by atoms with E-state index >= 15 is 0 Å². The highest BCUT2D eigenvalue weighted by Crippen LogP contribution is 2.28. The molecule has 3 rings (SSSR count). The van der Waals surface area contributed by atoms with Crippen molar-refractivity contribution in [3.8, 4) is 11.1 Å². The number of hydrogen-bond donors (Lipinski definition) is 2. The predicted octanol–water partition coefficient (Wildman–Crippen LogP) is 1.84. The minimum atomic E-state index is -1.01. The molecule has 2 N–H and O–H groups in total. The molecule has 2 aromatic heterocycles. The Morgan fingerprint density at radius 2 is 1.92 bits per heavy atom. The quantitative estimate of drug-likeness (QED) is 0.757. The maximum Gasteiger partial charge on any atom is 0.325 e. The number of carbonyl (C=O) groups is 2. The third-order valence-corrected chi connectivity index (χ3v) is 3.44. The number of fused-ring (bicyclic) bond motifs is 1. The lowest BCUT2D eigenvalue weighted by atomic mass is 10.1. The van der Waals surface area contributed by atoms with Crippen LogP contribution in [0.4, 0.5) is 5.82 Å². The molecule has 0 unspecified atom stereocenters. The van der Waals surface area contributed by atoms with Crippen LogP contribution in [0.25, 0.3) is 22.0 Å². The summed E-state index contributed by atoms with van der Waals surface area (Å²) < 4.78 is 1.35. The first kappa shape index (κ1) is 15.6. The van der Waals surface area contributed by atoms with Gasteiger partial charge in [-0.15, -0.1) is 0 Å². The SMILES string of the molecule is CC(=O)Nc1nn(CC(=O)O)c2ccc(-c3cnc(C)nc3)cc12. The van der Waals surface area contributed by atoms with Gasteiger partial charge in [-0.2, -0.15) is 5.10 Å². The molecular formula is C16H15N5O3. The first-order chi connectivity index (χ1) is 11.4. The van der Waals surface area contributed by atoms with Crippen molar-refractivity contribution in [2.24, 2.45) is 0 Å². The number of aryl methyl sites for hydroxylation is 1. The van der Waals surface area contributed by atoms with Crippen LogP contribution in [0.1, 0.15) is 12.7 Å². The molecule has 0 aliphatic rings. The van der Waals surface area contributed by atoms with Crippen molar-refractivity contribution in [2.45, 2.75) is 20.4 Å². The van der Waals surface area contributed by atoms with Crippen LogP contribution in [-0.4, -0.2) is 36.7 Å². The number of anilines is 1. The Balaban J connectivity index is 2.14. The van der Waals surface area contributed by atoms with Crippen LogP contribution in [0.5, 0.6) is 0 Å². The van der Waals surface area contributed by atoms with E-state index in [0.717, 1.165) is 11.1 Å². The third-order valence-electron chi connectivity index (χ3n) is 3.44. The number of carboxylic acids is 1. The Labute approximate surface area is 137 Å². The fourth-order valence-corrected chi connectivity index (χ4v) is 2.41. The van der Waals surface area contributed by atoms with Crippen LogP contribution >= 0.6 is 0 Å². The van der Waals surface area contributed by atoms with E-state index in [1.54, 1.807) is 25.4 Å². The van der Waals surface area contributed by atoms with Crippen molar-refractivity contribution in [2.75, 3.05) is 5.32 Å². The van der Waals surface area contributed by atoms with Gasteiger partial charge < -0.3 is 10.4 Å². The molecule has 0 spiro atoms. The second kappa shape index (κ2) is 6.07. The number of nitrogens with zero attached hydrogens (tertiary/aromatic N) is 4. The van der Waals surface area contributed by atoms with E-state index in [4.69, 9.17) is 5.11 Å². The van der Waals surface area contributed by atoms with Crippen LogP contribution in [0, 0.1) is 6.92 Å². The van der Waals surface area contributed by atoms with Crippen LogP contribution in [-0.2, 0) is 16.1 Å². The molecule has 0 saturated heterocycles. The van der Waals surface area contributed by atoms with Gasteiger partial charge in [-0.1, -0.05) is 6.07 Å². The maximum atomic E-state index is 11.4. The van der Waals surface area contributed by atoms with Crippen molar-refractivity contribution in [3.05, 3.63) is 36.4 Å². The van der Waals surface area contributed by atoms with Gasteiger partial charge in [-0.25, -0.2) is 9.97 Å². The molecule has 0 saturated carbocycles. The molecule has 2 heterocycles. The van der Waals surface area contributed by atoms with Gasteiger partial charge in [0.2, 0.25) is 5.91 Å². The van der Waals surface area contributed by atoms with E-state index in [1.165, 1.54) is 11.6 Å². The Hall–Kier alpha value is -3.29. The van der Waals surface area contributed by atoms with E-state index in [-0.39, 0.29) is 12.5 Å². The monoisotopic (exact) mass is 325 g/mol. The molecule has 0 fully saturated rings. The smallest absolute Gasteiger partial charge is 0.325 e. The summed E-state index contributed by atoms with van der Waals surface area (Å²) in [5.41, 5.74) is 2.30. The number of nitrogens with one attached hydrogen (secondary N) is 1. The van der Waals surface area contributed by atoms with Gasteiger partial charge in [0.1, 0.15) is 12.4 Å². The van der Waals surface area contributed by atoms with Crippen molar-refractivity contribution in [1.82, 2.24) is 19.7 Å². The normalized spacial score (nSPS) is 10.8. The molecule has 0 aliphatic carbocycles. The number of carboxylic acid groups (broad SMARTS) is 1. The summed E-state index contributed by atoms with van der Waals surface area (Å²) in [6.07, 6.45) is 3.42. The van der Waals surface area contributed by atoms with Gasteiger partial charge in [-0.3, -0.25) is 14.3 Å². The number of hydrogen-bond acceptors (Lipinski definition) is 5. The lowest BCUT2D eigenvalue weighted by Crippen LogP contribution is -2.11. The zero-order chi connectivity index (χ0) is 17.3. The molecule has 8 heteroatoms. The molecule has 0 atom stereocenters. The zero-order valence-electron chi connectivity index (χ0n) is 13.1. The van der Waals surface area contributed by atoms with Gasteiger partial charge in [0.25, 0.3) is 0 Å². The Morgan fingerprint density at radius 1 is 1.21 bits per heavy atom. The van der Waals surface area contributed by atoms with Crippen molar-refractivity contribution in [1.29, 1.82) is 0 Å². The molecule has 1 amide bonds. The number of benzene rings is 1. The van der Waals surface area contributed by atoms with E-state index in [1.807, 2.05) is 12.1 Å². The average molecular weight is 325 g/mol. The summed E-state index contributed by atoms with van der Waals surface area (Å²) in [5, 5.41) is 16.5. The summed E-state index contributed by atoms with van der Waals surface area (Å²) in [7, 11) is 0. The Bertz CT molecular complexity index is 931. The van der Waals surface area contributed by atoms with Gasteiger partial charge in [0, 0.05) is 30.3 Å². The van der Waals surface area contributed by atoms with E-state index in [0.29, 0.717) is 22.5 Å².